The lowest BCUT2D eigenvalue weighted by Crippen LogP contribution is -2.33. The van der Waals surface area contributed by atoms with Crippen LogP contribution in [-0.4, -0.2) is 38.5 Å². The minimum Gasteiger partial charge on any atom is -0.508 e. The van der Waals surface area contributed by atoms with Gasteiger partial charge in [-0.1, -0.05) is 6.07 Å². The molecule has 1 atom stereocenters. The summed E-state index contributed by atoms with van der Waals surface area (Å²) in [6, 6.07) is 13.3. The molecule has 0 unspecified atom stereocenters. The molecule has 0 saturated heterocycles. The molecule has 190 valence electrons. The molecule has 3 aromatic carbocycles. The summed E-state index contributed by atoms with van der Waals surface area (Å²) in [6.45, 7) is 0.400. The molecule has 37 heavy (non-hydrogen) atoms. The largest absolute Gasteiger partial charge is 0.508 e. The van der Waals surface area contributed by atoms with E-state index in [4.69, 9.17) is 15.2 Å². The van der Waals surface area contributed by atoms with E-state index in [0.29, 0.717) is 48.1 Å². The van der Waals surface area contributed by atoms with Gasteiger partial charge in [0.2, 0.25) is 3.79 Å². The van der Waals surface area contributed by atoms with Gasteiger partial charge in [-0.3, -0.25) is 9.59 Å². The van der Waals surface area contributed by atoms with Gasteiger partial charge in [-0.05, 0) is 55.7 Å². The molecular weight excluding hydrogens is 591 g/mol. The van der Waals surface area contributed by atoms with Crippen molar-refractivity contribution in [2.24, 2.45) is 5.73 Å². The maximum atomic E-state index is 13.2. The zero-order valence-corrected chi connectivity index (χ0v) is 21.7. The lowest BCUT2D eigenvalue weighted by atomic mass is 9.77. The first-order valence-corrected chi connectivity index (χ1v) is 12.7. The topological polar surface area (TPSA) is 148 Å². The van der Waals surface area contributed by atoms with E-state index in [9.17, 15) is 24.6 Å². The zero-order chi connectivity index (χ0) is 26.3. The Morgan fingerprint density at radius 3 is 2.19 bits per heavy atom. The highest BCUT2D eigenvalue weighted by atomic mass is 127. The number of aromatic hydroxyl groups is 2. The number of nitrogens with two attached hydrogens (primary N) is 1. The summed E-state index contributed by atoms with van der Waals surface area (Å²) < 4.78 is 11.9. The first-order valence-electron chi connectivity index (χ1n) is 11.7. The van der Waals surface area contributed by atoms with Gasteiger partial charge in [-0.25, -0.2) is 4.79 Å². The Labute approximate surface area is 225 Å². The van der Waals surface area contributed by atoms with E-state index in [0.717, 1.165) is 0 Å². The molecule has 5 N–H and O–H groups in total. The molecular formula is C27H23IN2O7. The molecule has 0 aromatic heterocycles. The minimum atomic E-state index is -1.37. The third kappa shape index (κ3) is 4.40. The second-order valence-electron chi connectivity index (χ2n) is 8.96. The number of benzene rings is 3. The molecule has 10 heteroatoms. The van der Waals surface area contributed by atoms with Crippen molar-refractivity contribution in [3.8, 4) is 23.0 Å². The van der Waals surface area contributed by atoms with Gasteiger partial charge in [0, 0.05) is 63.5 Å². The molecule has 1 amide bonds. The van der Waals surface area contributed by atoms with Gasteiger partial charge >= 0.3 is 5.97 Å². The summed E-state index contributed by atoms with van der Waals surface area (Å²) in [4.78, 5) is 37.2. The Bertz CT molecular complexity index is 1390. The SMILES string of the molecule is N[C@@H](CCCCNC(=O)c1ccc2c(c1)C(=O)OC21c2ccc(O)cc2Oc2cc(O)ccc21)C(=O)I. The van der Waals surface area contributed by atoms with Gasteiger partial charge in [0.1, 0.15) is 23.0 Å². The monoisotopic (exact) mass is 614 g/mol. The number of fused-ring (bicyclic) bond motifs is 6. The number of amides is 1. The van der Waals surface area contributed by atoms with Gasteiger partial charge in [0.15, 0.2) is 5.60 Å². The fourth-order valence-corrected chi connectivity index (χ4v) is 5.06. The van der Waals surface area contributed by atoms with Crippen LogP contribution in [0.5, 0.6) is 23.0 Å². The van der Waals surface area contributed by atoms with Crippen LogP contribution in [-0.2, 0) is 15.1 Å². The third-order valence-electron chi connectivity index (χ3n) is 6.55. The van der Waals surface area contributed by atoms with Crippen molar-refractivity contribution in [1.82, 2.24) is 5.32 Å². The predicted octanol–water partition coefficient (Wildman–Crippen LogP) is 3.85. The maximum absolute atomic E-state index is 13.2. The molecule has 2 heterocycles. The lowest BCUT2D eigenvalue weighted by Gasteiger charge is -2.36. The zero-order valence-electron chi connectivity index (χ0n) is 19.5. The smallest absolute Gasteiger partial charge is 0.340 e. The molecule has 0 fully saturated rings. The second kappa shape index (κ2) is 9.67. The molecule has 1 spiro atoms. The third-order valence-corrected chi connectivity index (χ3v) is 7.35. The number of esters is 1. The summed E-state index contributed by atoms with van der Waals surface area (Å²) in [5.41, 5.74) is 6.43. The molecule has 0 aliphatic carbocycles. The van der Waals surface area contributed by atoms with Crippen LogP contribution in [0.25, 0.3) is 0 Å². The van der Waals surface area contributed by atoms with Crippen molar-refractivity contribution in [2.45, 2.75) is 30.9 Å². The first kappa shape index (κ1) is 25.0. The number of halogens is 1. The Morgan fingerprint density at radius 2 is 1.57 bits per heavy atom. The van der Waals surface area contributed by atoms with Crippen LogP contribution in [0.4, 0.5) is 0 Å². The molecule has 5 rings (SSSR count). The highest BCUT2D eigenvalue weighted by molar-refractivity contribution is 14.1. The Kier molecular flexibility index (Phi) is 6.54. The summed E-state index contributed by atoms with van der Waals surface area (Å²) in [5, 5.41) is 22.9. The molecule has 9 nitrogen and oxygen atoms in total. The van der Waals surface area contributed by atoms with Crippen LogP contribution in [0.15, 0.2) is 54.6 Å². The van der Waals surface area contributed by atoms with Crippen LogP contribution >= 0.6 is 22.6 Å². The molecule has 2 aliphatic rings. The van der Waals surface area contributed by atoms with E-state index >= 15 is 0 Å². The van der Waals surface area contributed by atoms with Crippen LogP contribution in [0.1, 0.15) is 56.7 Å². The maximum Gasteiger partial charge on any atom is 0.340 e. The van der Waals surface area contributed by atoms with Crippen molar-refractivity contribution in [3.63, 3.8) is 0 Å². The fraction of sp³-hybridized carbons (Fsp3) is 0.222. The van der Waals surface area contributed by atoms with Gasteiger partial charge < -0.3 is 30.7 Å². The summed E-state index contributed by atoms with van der Waals surface area (Å²) in [5.74, 6) is -0.446. The Hall–Kier alpha value is -3.64. The quantitative estimate of drug-likeness (QED) is 0.136. The number of hydrogen-bond acceptors (Lipinski definition) is 8. The van der Waals surface area contributed by atoms with E-state index in [-0.39, 0.29) is 38.3 Å². The van der Waals surface area contributed by atoms with E-state index in [1.54, 1.807) is 46.9 Å². The fourth-order valence-electron chi connectivity index (χ4n) is 4.75. The van der Waals surface area contributed by atoms with E-state index in [1.807, 2.05) is 0 Å². The first-order chi connectivity index (χ1) is 17.7. The highest BCUT2D eigenvalue weighted by Crippen LogP contribution is 2.57. The number of phenolic OH excluding ortho intramolecular Hbond substituents is 2. The number of hydrogen-bond donors (Lipinski definition) is 4. The van der Waals surface area contributed by atoms with Crippen molar-refractivity contribution in [2.75, 3.05) is 6.54 Å². The number of unbranched alkanes of at least 4 members (excludes halogenated alkanes) is 1. The molecule has 0 saturated carbocycles. The number of carbonyl (C=O) groups excluding carboxylic acids is 3. The number of carbonyl (C=O) groups is 3. The van der Waals surface area contributed by atoms with E-state index in [2.05, 4.69) is 5.32 Å². The standard InChI is InChI=1S/C27H23IN2O7/c28-24(33)21(29)3-1-2-10-30-25(34)14-4-7-18-17(11-14)26(35)37-27(18)19-8-5-15(31)12-22(19)36-23-13-16(32)6-9-20(23)27/h4-9,11-13,21,31-32H,1-3,10,29H2,(H,30,34)/t21-/m0/s1. The summed E-state index contributed by atoms with van der Waals surface area (Å²) in [6.07, 6.45) is 1.90. The van der Waals surface area contributed by atoms with Crippen molar-refractivity contribution in [3.05, 3.63) is 82.4 Å². The Balaban J connectivity index is 1.44. The van der Waals surface area contributed by atoms with Crippen LogP contribution < -0.4 is 15.8 Å². The summed E-state index contributed by atoms with van der Waals surface area (Å²) >= 11 is 1.68. The summed E-state index contributed by atoms with van der Waals surface area (Å²) in [7, 11) is 0. The van der Waals surface area contributed by atoms with Gasteiger partial charge in [-0.2, -0.15) is 0 Å². The molecule has 2 aliphatic heterocycles. The van der Waals surface area contributed by atoms with Crippen molar-refractivity contribution < 1.29 is 34.1 Å². The average Bonchev–Trinajstić information content (AvgIpc) is 3.15. The number of nitrogens with one attached hydrogen (secondary N) is 1. The van der Waals surface area contributed by atoms with Gasteiger partial charge in [-0.15, -0.1) is 0 Å². The van der Waals surface area contributed by atoms with Crippen LogP contribution in [0.3, 0.4) is 0 Å². The molecule has 0 bridgehead atoms. The second-order valence-corrected chi connectivity index (χ2v) is 10.0. The molecule has 3 aromatic rings. The van der Waals surface area contributed by atoms with Crippen molar-refractivity contribution >= 4 is 38.3 Å². The van der Waals surface area contributed by atoms with Crippen LogP contribution in [0.2, 0.25) is 0 Å². The Morgan fingerprint density at radius 1 is 0.946 bits per heavy atom. The number of phenols is 2. The highest BCUT2D eigenvalue weighted by Gasteiger charge is 2.53. The van der Waals surface area contributed by atoms with Crippen LogP contribution in [0, 0.1) is 0 Å². The number of rotatable bonds is 7. The predicted molar refractivity (Wildman–Crippen MR) is 141 cm³/mol. The van der Waals surface area contributed by atoms with E-state index in [1.165, 1.54) is 30.3 Å². The van der Waals surface area contributed by atoms with E-state index < -0.39 is 17.6 Å². The average molecular weight is 614 g/mol. The molecule has 0 radical (unpaired) electrons. The van der Waals surface area contributed by atoms with Crippen molar-refractivity contribution in [1.29, 1.82) is 0 Å². The van der Waals surface area contributed by atoms with Gasteiger partial charge in [0.25, 0.3) is 5.91 Å². The van der Waals surface area contributed by atoms with Gasteiger partial charge in [0.05, 0.1) is 11.6 Å². The number of ether oxygens (including phenoxy) is 2. The minimum absolute atomic E-state index is 0.0306. The normalized spacial score (nSPS) is 15.1. The lowest BCUT2D eigenvalue weighted by molar-refractivity contribution is -0.110.